The maximum Gasteiger partial charge on any atom is 0.0683 e. The summed E-state index contributed by atoms with van der Waals surface area (Å²) in [5, 5.41) is 9.04. The van der Waals surface area contributed by atoms with Crippen molar-refractivity contribution in [2.45, 2.75) is 6.92 Å². The van der Waals surface area contributed by atoms with Gasteiger partial charge in [0.15, 0.2) is 0 Å². The lowest BCUT2D eigenvalue weighted by Gasteiger charge is -2.24. The molecule has 0 saturated carbocycles. The van der Waals surface area contributed by atoms with E-state index in [9.17, 15) is 0 Å². The van der Waals surface area contributed by atoms with E-state index in [1.807, 2.05) is 6.08 Å². The van der Waals surface area contributed by atoms with Gasteiger partial charge in [0.05, 0.1) is 19.8 Å². The lowest BCUT2D eigenvalue weighted by molar-refractivity contribution is 0.177. The van der Waals surface area contributed by atoms with Gasteiger partial charge < -0.3 is 9.84 Å². The van der Waals surface area contributed by atoms with Crippen LogP contribution in [0.2, 0.25) is 0 Å². The first-order valence-corrected chi connectivity index (χ1v) is 4.41. The van der Waals surface area contributed by atoms with E-state index in [2.05, 4.69) is 13.0 Å². The first-order valence-electron chi connectivity index (χ1n) is 4.41. The minimum Gasteiger partial charge on any atom is -0.392 e. The highest BCUT2D eigenvalue weighted by molar-refractivity contribution is 5.30. The predicted octanol–water partition coefficient (Wildman–Crippen LogP) is 1.13. The Labute approximate surface area is 72.5 Å². The van der Waals surface area contributed by atoms with Crippen molar-refractivity contribution in [1.82, 2.24) is 0 Å². The Bertz CT molecular complexity index is 234. The standard InChI is InChI=1S/C10H14O2/c1-7-8(4-11)2-3-9-5-12-6-10(7)9/h2-3,7,10-11H,4-6H2,1H3. The lowest BCUT2D eigenvalue weighted by atomic mass is 9.80. The summed E-state index contributed by atoms with van der Waals surface area (Å²) in [5.74, 6) is 0.981. The third-order valence-corrected chi connectivity index (χ3v) is 2.92. The van der Waals surface area contributed by atoms with Gasteiger partial charge in [0.2, 0.25) is 0 Å². The molecule has 2 atom stereocenters. The Balaban J connectivity index is 2.24. The zero-order chi connectivity index (χ0) is 8.55. The van der Waals surface area contributed by atoms with Crippen LogP contribution in [0.5, 0.6) is 0 Å². The third kappa shape index (κ3) is 1.11. The highest BCUT2D eigenvalue weighted by Crippen LogP contribution is 2.34. The minimum absolute atomic E-state index is 0.182. The zero-order valence-corrected chi connectivity index (χ0v) is 7.29. The number of aliphatic hydroxyl groups excluding tert-OH is 1. The number of fused-ring (bicyclic) bond motifs is 1. The van der Waals surface area contributed by atoms with Crippen molar-refractivity contribution in [3.8, 4) is 0 Å². The van der Waals surface area contributed by atoms with Crippen LogP contribution in [0.25, 0.3) is 0 Å². The molecule has 0 amide bonds. The summed E-state index contributed by atoms with van der Waals surface area (Å²) in [7, 11) is 0. The molecular formula is C10H14O2. The van der Waals surface area contributed by atoms with Gasteiger partial charge in [0.25, 0.3) is 0 Å². The molecule has 1 saturated heterocycles. The molecule has 0 aromatic heterocycles. The van der Waals surface area contributed by atoms with E-state index in [0.717, 1.165) is 18.8 Å². The number of allylic oxidation sites excluding steroid dienone is 2. The summed E-state index contributed by atoms with van der Waals surface area (Å²) in [6, 6.07) is 0. The molecule has 0 spiro atoms. The van der Waals surface area contributed by atoms with Crippen molar-refractivity contribution in [3.05, 3.63) is 23.3 Å². The maximum absolute atomic E-state index is 9.04. The van der Waals surface area contributed by atoms with Gasteiger partial charge in [-0.3, -0.25) is 0 Å². The van der Waals surface area contributed by atoms with E-state index >= 15 is 0 Å². The van der Waals surface area contributed by atoms with Gasteiger partial charge in [-0.15, -0.1) is 0 Å². The number of hydrogen-bond acceptors (Lipinski definition) is 2. The van der Waals surface area contributed by atoms with Crippen LogP contribution in [-0.4, -0.2) is 24.9 Å². The molecule has 1 aliphatic carbocycles. The molecule has 66 valence electrons. The fraction of sp³-hybridized carbons (Fsp3) is 0.600. The first-order chi connectivity index (χ1) is 5.83. The molecule has 1 heterocycles. The molecule has 2 rings (SSSR count). The highest BCUT2D eigenvalue weighted by atomic mass is 16.5. The summed E-state index contributed by atoms with van der Waals surface area (Å²) in [6.45, 7) is 3.95. The molecule has 1 N–H and O–H groups in total. The summed E-state index contributed by atoms with van der Waals surface area (Å²) >= 11 is 0. The molecule has 0 aromatic rings. The molecule has 0 radical (unpaired) electrons. The van der Waals surface area contributed by atoms with Gasteiger partial charge in [-0.05, 0) is 17.1 Å². The van der Waals surface area contributed by atoms with Gasteiger partial charge in [-0.1, -0.05) is 19.1 Å². The second kappa shape index (κ2) is 3.04. The highest BCUT2D eigenvalue weighted by Gasteiger charge is 2.30. The molecule has 1 fully saturated rings. The largest absolute Gasteiger partial charge is 0.392 e. The smallest absolute Gasteiger partial charge is 0.0683 e. The van der Waals surface area contributed by atoms with Crippen LogP contribution >= 0.6 is 0 Å². The van der Waals surface area contributed by atoms with Crippen LogP contribution in [0.4, 0.5) is 0 Å². The normalized spacial score (nSPS) is 34.2. The topological polar surface area (TPSA) is 29.5 Å². The maximum atomic E-state index is 9.04. The third-order valence-electron chi connectivity index (χ3n) is 2.92. The Morgan fingerprint density at radius 2 is 2.42 bits per heavy atom. The minimum atomic E-state index is 0.182. The van der Waals surface area contributed by atoms with Crippen LogP contribution in [0, 0.1) is 11.8 Å². The van der Waals surface area contributed by atoms with Gasteiger partial charge in [-0.25, -0.2) is 0 Å². The van der Waals surface area contributed by atoms with E-state index in [4.69, 9.17) is 9.84 Å². The van der Waals surface area contributed by atoms with Crippen LogP contribution in [0.15, 0.2) is 23.3 Å². The molecule has 12 heavy (non-hydrogen) atoms. The van der Waals surface area contributed by atoms with Crippen molar-refractivity contribution in [1.29, 1.82) is 0 Å². The van der Waals surface area contributed by atoms with Gasteiger partial charge in [0, 0.05) is 5.92 Å². The second-order valence-corrected chi connectivity index (χ2v) is 3.55. The quantitative estimate of drug-likeness (QED) is 0.632. The number of rotatable bonds is 1. The predicted molar refractivity (Wildman–Crippen MR) is 46.7 cm³/mol. The molecule has 2 heteroatoms. The zero-order valence-electron chi connectivity index (χ0n) is 7.29. The average molecular weight is 166 g/mol. The van der Waals surface area contributed by atoms with Gasteiger partial charge >= 0.3 is 0 Å². The molecular weight excluding hydrogens is 152 g/mol. The Hall–Kier alpha value is -0.600. The number of aliphatic hydroxyl groups is 1. The van der Waals surface area contributed by atoms with Crippen molar-refractivity contribution < 1.29 is 9.84 Å². The van der Waals surface area contributed by atoms with E-state index < -0.39 is 0 Å². The van der Waals surface area contributed by atoms with Crippen LogP contribution in [-0.2, 0) is 4.74 Å². The van der Waals surface area contributed by atoms with Gasteiger partial charge in [0.1, 0.15) is 0 Å². The summed E-state index contributed by atoms with van der Waals surface area (Å²) in [6.07, 6.45) is 4.13. The molecule has 1 aliphatic heterocycles. The van der Waals surface area contributed by atoms with Gasteiger partial charge in [-0.2, -0.15) is 0 Å². The number of hydrogen-bond donors (Lipinski definition) is 1. The fourth-order valence-corrected chi connectivity index (χ4v) is 1.98. The monoisotopic (exact) mass is 166 g/mol. The van der Waals surface area contributed by atoms with E-state index in [0.29, 0.717) is 11.8 Å². The Morgan fingerprint density at radius 1 is 1.58 bits per heavy atom. The SMILES string of the molecule is CC1C(CO)=CC=C2COCC21. The average Bonchev–Trinajstić information content (AvgIpc) is 2.53. The summed E-state index contributed by atoms with van der Waals surface area (Å²) in [5.41, 5.74) is 2.52. The number of ether oxygens (including phenoxy) is 1. The molecule has 0 aromatic carbocycles. The Kier molecular flexibility index (Phi) is 2.03. The fourth-order valence-electron chi connectivity index (χ4n) is 1.98. The summed E-state index contributed by atoms with van der Waals surface area (Å²) < 4.78 is 5.37. The molecule has 2 unspecified atom stereocenters. The van der Waals surface area contributed by atoms with E-state index in [1.54, 1.807) is 0 Å². The first kappa shape index (κ1) is 8.02. The van der Waals surface area contributed by atoms with Crippen molar-refractivity contribution in [3.63, 3.8) is 0 Å². The van der Waals surface area contributed by atoms with E-state index in [-0.39, 0.29) is 6.61 Å². The van der Waals surface area contributed by atoms with Crippen LogP contribution in [0.1, 0.15) is 6.92 Å². The second-order valence-electron chi connectivity index (χ2n) is 3.55. The van der Waals surface area contributed by atoms with Crippen molar-refractivity contribution >= 4 is 0 Å². The molecule has 0 bridgehead atoms. The lowest BCUT2D eigenvalue weighted by Crippen LogP contribution is -2.20. The van der Waals surface area contributed by atoms with Crippen LogP contribution in [0.3, 0.4) is 0 Å². The molecule has 2 nitrogen and oxygen atoms in total. The Morgan fingerprint density at radius 3 is 3.17 bits per heavy atom. The molecule has 2 aliphatic rings. The van der Waals surface area contributed by atoms with Crippen molar-refractivity contribution in [2.75, 3.05) is 19.8 Å². The van der Waals surface area contributed by atoms with Crippen LogP contribution < -0.4 is 0 Å². The summed E-state index contributed by atoms with van der Waals surface area (Å²) in [4.78, 5) is 0. The van der Waals surface area contributed by atoms with E-state index in [1.165, 1.54) is 5.57 Å². The van der Waals surface area contributed by atoms with Crippen molar-refractivity contribution in [2.24, 2.45) is 11.8 Å².